The van der Waals surface area contributed by atoms with E-state index in [1.165, 1.54) is 12.2 Å². The summed E-state index contributed by atoms with van der Waals surface area (Å²) in [5.41, 5.74) is 1.07. The highest BCUT2D eigenvalue weighted by molar-refractivity contribution is 7.57. The van der Waals surface area contributed by atoms with Crippen LogP contribution in [0.3, 0.4) is 0 Å². The monoisotopic (exact) mass is 334 g/mol. The lowest BCUT2D eigenvalue weighted by molar-refractivity contribution is 0.207. The van der Waals surface area contributed by atoms with Crippen LogP contribution in [0, 0.1) is 0 Å². The molecular formula is C16H28ClO3P. The smallest absolute Gasteiger partial charge is 0.306 e. The normalized spacial score (nSPS) is 16.9. The zero-order chi connectivity index (χ0) is 15.6. The Morgan fingerprint density at radius 2 is 1.86 bits per heavy atom. The van der Waals surface area contributed by atoms with Crippen molar-refractivity contribution in [3.8, 4) is 0 Å². The van der Waals surface area contributed by atoms with Crippen LogP contribution in [0.15, 0.2) is 22.5 Å². The van der Waals surface area contributed by atoms with Crippen molar-refractivity contribution in [1.29, 1.82) is 0 Å². The summed E-state index contributed by atoms with van der Waals surface area (Å²) in [6, 6.07) is 0. The van der Waals surface area contributed by atoms with Crippen LogP contribution in [-0.2, 0) is 13.6 Å². The quantitative estimate of drug-likeness (QED) is 0.343. The van der Waals surface area contributed by atoms with Crippen LogP contribution in [0.5, 0.6) is 0 Å². The van der Waals surface area contributed by atoms with Crippen LogP contribution in [0.4, 0.5) is 0 Å². The first-order chi connectivity index (χ1) is 10.1. The van der Waals surface area contributed by atoms with Crippen LogP contribution >= 0.6 is 19.2 Å². The van der Waals surface area contributed by atoms with Crippen molar-refractivity contribution in [3.05, 3.63) is 22.5 Å². The summed E-state index contributed by atoms with van der Waals surface area (Å²) in [5, 5.41) is 0.533. The summed E-state index contributed by atoms with van der Waals surface area (Å²) >= 11 is 6.33. The molecule has 0 saturated heterocycles. The van der Waals surface area contributed by atoms with E-state index in [1.807, 2.05) is 0 Å². The van der Waals surface area contributed by atoms with Crippen molar-refractivity contribution in [2.24, 2.45) is 0 Å². The standard InChI is InChI=1S/C16H28ClO3P/c1-3-5-12-19-21(18,20-13-6-4-2)14-16(17)15-10-8-7-9-11-15/h10,14H,3-9,11-13H2,1-2H3/b16-14-. The molecule has 0 aromatic rings. The molecule has 1 aliphatic rings. The van der Waals surface area contributed by atoms with E-state index in [2.05, 4.69) is 19.9 Å². The van der Waals surface area contributed by atoms with Gasteiger partial charge in [-0.05, 0) is 44.1 Å². The van der Waals surface area contributed by atoms with Crippen molar-refractivity contribution in [3.63, 3.8) is 0 Å². The molecule has 0 amide bonds. The molecule has 0 fully saturated rings. The van der Waals surface area contributed by atoms with Gasteiger partial charge in [0.05, 0.1) is 18.2 Å². The van der Waals surface area contributed by atoms with Gasteiger partial charge in [-0.3, -0.25) is 4.57 Å². The van der Waals surface area contributed by atoms with Gasteiger partial charge in [0, 0.05) is 5.82 Å². The summed E-state index contributed by atoms with van der Waals surface area (Å²) in [6.45, 7) is 5.03. The average Bonchev–Trinajstić information content (AvgIpc) is 2.48. The molecule has 0 saturated carbocycles. The van der Waals surface area contributed by atoms with Crippen LogP contribution in [-0.4, -0.2) is 13.2 Å². The Labute approximate surface area is 134 Å². The Hall–Kier alpha value is -0.0800. The summed E-state index contributed by atoms with van der Waals surface area (Å²) in [5.74, 6) is 1.51. The molecule has 0 bridgehead atoms. The van der Waals surface area contributed by atoms with Crippen molar-refractivity contribution in [1.82, 2.24) is 0 Å². The topological polar surface area (TPSA) is 35.5 Å². The molecule has 0 unspecified atom stereocenters. The Morgan fingerprint density at radius 1 is 1.24 bits per heavy atom. The molecule has 1 aliphatic carbocycles. The molecule has 3 nitrogen and oxygen atoms in total. The van der Waals surface area contributed by atoms with Crippen molar-refractivity contribution in [2.45, 2.75) is 65.2 Å². The summed E-state index contributed by atoms with van der Waals surface area (Å²) in [4.78, 5) is 0. The van der Waals surface area contributed by atoms with Gasteiger partial charge in [-0.1, -0.05) is 44.4 Å². The molecule has 1 rings (SSSR count). The van der Waals surface area contributed by atoms with E-state index in [0.29, 0.717) is 18.2 Å². The SMILES string of the molecule is CCCCOP(=O)(/C=C(\Cl)C1=CCCCC1)OCCCC. The maximum absolute atomic E-state index is 12.8. The van der Waals surface area contributed by atoms with E-state index >= 15 is 0 Å². The number of unbranched alkanes of at least 4 members (excludes halogenated alkanes) is 2. The molecule has 0 aromatic carbocycles. The van der Waals surface area contributed by atoms with E-state index in [0.717, 1.165) is 50.5 Å². The van der Waals surface area contributed by atoms with Crippen molar-refractivity contribution < 1.29 is 13.6 Å². The van der Waals surface area contributed by atoms with Gasteiger partial charge in [0.15, 0.2) is 0 Å². The molecule has 0 N–H and O–H groups in total. The average molecular weight is 335 g/mol. The first-order valence-electron chi connectivity index (χ1n) is 8.08. The van der Waals surface area contributed by atoms with Gasteiger partial charge in [0.2, 0.25) is 0 Å². The maximum Gasteiger partial charge on any atom is 0.355 e. The predicted octanol–water partition coefficient (Wildman–Crippen LogP) is 6.39. The molecule has 0 atom stereocenters. The third-order valence-corrected chi connectivity index (χ3v) is 5.57. The van der Waals surface area contributed by atoms with E-state index in [1.54, 1.807) is 0 Å². The van der Waals surface area contributed by atoms with Gasteiger partial charge in [0.25, 0.3) is 0 Å². The van der Waals surface area contributed by atoms with Crippen LogP contribution in [0.25, 0.3) is 0 Å². The van der Waals surface area contributed by atoms with Gasteiger partial charge in [0.1, 0.15) is 0 Å². The third kappa shape index (κ3) is 7.65. The molecule has 21 heavy (non-hydrogen) atoms. The second-order valence-electron chi connectivity index (χ2n) is 5.37. The van der Waals surface area contributed by atoms with Gasteiger partial charge in [-0.15, -0.1) is 0 Å². The predicted molar refractivity (Wildman–Crippen MR) is 89.8 cm³/mol. The fraction of sp³-hybridized carbons (Fsp3) is 0.750. The number of halogens is 1. The van der Waals surface area contributed by atoms with E-state index in [-0.39, 0.29) is 0 Å². The molecule has 0 aliphatic heterocycles. The fourth-order valence-electron chi connectivity index (χ4n) is 2.06. The largest absolute Gasteiger partial charge is 0.355 e. The second-order valence-corrected chi connectivity index (χ2v) is 7.63. The lowest BCUT2D eigenvalue weighted by Gasteiger charge is -2.17. The molecule has 5 heteroatoms. The number of allylic oxidation sites excluding steroid dienone is 3. The molecule has 122 valence electrons. The summed E-state index contributed by atoms with van der Waals surface area (Å²) < 4.78 is 23.8. The van der Waals surface area contributed by atoms with Crippen molar-refractivity contribution in [2.75, 3.05) is 13.2 Å². The van der Waals surface area contributed by atoms with E-state index in [4.69, 9.17) is 20.6 Å². The molecule has 0 spiro atoms. The first-order valence-corrected chi connectivity index (χ1v) is 10.1. The number of hydrogen-bond acceptors (Lipinski definition) is 3. The zero-order valence-corrected chi connectivity index (χ0v) is 14.9. The number of rotatable bonds is 10. The van der Waals surface area contributed by atoms with Crippen molar-refractivity contribution >= 4 is 19.2 Å². The lowest BCUT2D eigenvalue weighted by Crippen LogP contribution is -1.99. The van der Waals surface area contributed by atoms with Crippen LogP contribution in [0.2, 0.25) is 0 Å². The number of hydrogen-bond donors (Lipinski definition) is 0. The van der Waals surface area contributed by atoms with Gasteiger partial charge in [-0.2, -0.15) is 0 Å². The highest BCUT2D eigenvalue weighted by Gasteiger charge is 2.23. The van der Waals surface area contributed by atoms with Gasteiger partial charge in [-0.25, -0.2) is 0 Å². The fourth-order valence-corrected chi connectivity index (χ4v) is 4.03. The Bertz CT molecular complexity index is 390. The molecule has 0 radical (unpaired) electrons. The van der Waals surface area contributed by atoms with Gasteiger partial charge >= 0.3 is 7.60 Å². The Morgan fingerprint density at radius 3 is 2.33 bits per heavy atom. The molecule has 0 aromatic heterocycles. The minimum Gasteiger partial charge on any atom is -0.306 e. The van der Waals surface area contributed by atoms with Crippen LogP contribution in [0.1, 0.15) is 65.2 Å². The van der Waals surface area contributed by atoms with Crippen LogP contribution < -0.4 is 0 Å². The highest BCUT2D eigenvalue weighted by Crippen LogP contribution is 2.52. The molecule has 0 heterocycles. The summed E-state index contributed by atoms with van der Waals surface area (Å²) in [6.07, 6.45) is 10.2. The zero-order valence-electron chi connectivity index (χ0n) is 13.3. The maximum atomic E-state index is 12.8. The highest BCUT2D eigenvalue weighted by atomic mass is 35.5. The lowest BCUT2D eigenvalue weighted by atomic mass is 10.00. The van der Waals surface area contributed by atoms with E-state index < -0.39 is 7.60 Å². The van der Waals surface area contributed by atoms with E-state index in [9.17, 15) is 4.57 Å². The first kappa shape index (κ1) is 19.0. The second kappa shape index (κ2) is 10.6. The Balaban J connectivity index is 2.73. The minimum absolute atomic E-state index is 0.444. The minimum atomic E-state index is -3.24. The van der Waals surface area contributed by atoms with Gasteiger partial charge < -0.3 is 9.05 Å². The molecular weight excluding hydrogens is 307 g/mol. The Kier molecular flexibility index (Phi) is 9.59. The third-order valence-electron chi connectivity index (χ3n) is 3.41. The summed E-state index contributed by atoms with van der Waals surface area (Å²) in [7, 11) is -3.24.